The molecule has 0 aliphatic rings. The van der Waals surface area contributed by atoms with E-state index in [1.807, 2.05) is 6.07 Å². The highest BCUT2D eigenvalue weighted by atomic mass is 16.4. The second-order valence-electron chi connectivity index (χ2n) is 3.03. The summed E-state index contributed by atoms with van der Waals surface area (Å²) in [6.45, 7) is 0. The monoisotopic (exact) mass is 183 g/mol. The van der Waals surface area contributed by atoms with Gasteiger partial charge in [-0.1, -0.05) is 0 Å². The van der Waals surface area contributed by atoms with Gasteiger partial charge in [0.2, 0.25) is 0 Å². The van der Waals surface area contributed by atoms with Crippen LogP contribution >= 0.6 is 0 Å². The zero-order chi connectivity index (χ0) is 9.68. The fraction of sp³-hybridized carbons (Fsp3) is 0.444. The zero-order valence-corrected chi connectivity index (χ0v) is 7.27. The molecule has 0 saturated heterocycles. The number of rotatable bonds is 5. The third kappa shape index (κ3) is 3.75. The number of hydrogen-bond donors (Lipinski definition) is 2. The highest BCUT2D eigenvalue weighted by Gasteiger charge is 2.07. The minimum atomic E-state index is -0.803. The van der Waals surface area contributed by atoms with Gasteiger partial charge in [-0.25, -0.2) is 0 Å². The summed E-state index contributed by atoms with van der Waals surface area (Å²) in [6.07, 6.45) is 4.50. The van der Waals surface area contributed by atoms with Gasteiger partial charge in [-0.2, -0.15) is 0 Å². The van der Waals surface area contributed by atoms with Gasteiger partial charge in [-0.15, -0.1) is 0 Å². The van der Waals surface area contributed by atoms with E-state index in [4.69, 9.17) is 15.3 Å². The van der Waals surface area contributed by atoms with Gasteiger partial charge >= 0.3 is 5.97 Å². The molecule has 1 aromatic rings. The maximum Gasteiger partial charge on any atom is 0.303 e. The van der Waals surface area contributed by atoms with Crippen molar-refractivity contribution < 1.29 is 14.3 Å². The molecule has 3 N–H and O–H groups in total. The lowest BCUT2D eigenvalue weighted by Gasteiger charge is -2.07. The largest absolute Gasteiger partial charge is 0.481 e. The first kappa shape index (κ1) is 9.80. The van der Waals surface area contributed by atoms with Crippen LogP contribution in [0.15, 0.2) is 23.0 Å². The predicted molar refractivity (Wildman–Crippen MR) is 47.3 cm³/mol. The Hall–Kier alpha value is -1.29. The standard InChI is InChI=1S/C9H13NO3/c10-8(1-2-9(11)12)5-7-3-4-13-6-7/h3-4,6,8H,1-2,5,10H2,(H,11,12). The number of carbonyl (C=O) groups is 1. The predicted octanol–water partition coefficient (Wildman–Crippen LogP) is 1.01. The molecule has 0 fully saturated rings. The number of aliphatic carboxylic acids is 1. The normalized spacial score (nSPS) is 12.7. The van der Waals surface area contributed by atoms with Crippen LogP contribution in [0.2, 0.25) is 0 Å². The highest BCUT2D eigenvalue weighted by molar-refractivity contribution is 5.66. The van der Waals surface area contributed by atoms with E-state index >= 15 is 0 Å². The third-order valence-corrected chi connectivity index (χ3v) is 1.81. The quantitative estimate of drug-likeness (QED) is 0.714. The van der Waals surface area contributed by atoms with Gasteiger partial charge in [0.05, 0.1) is 12.5 Å². The maximum atomic E-state index is 10.2. The molecule has 4 nitrogen and oxygen atoms in total. The minimum absolute atomic E-state index is 0.103. The molecule has 0 spiro atoms. The third-order valence-electron chi connectivity index (χ3n) is 1.81. The van der Waals surface area contributed by atoms with Gasteiger partial charge in [0.1, 0.15) is 0 Å². The van der Waals surface area contributed by atoms with Crippen LogP contribution in [0.5, 0.6) is 0 Å². The number of carboxylic acids is 1. The summed E-state index contributed by atoms with van der Waals surface area (Å²) in [7, 11) is 0. The van der Waals surface area contributed by atoms with Crippen LogP contribution in [-0.4, -0.2) is 17.1 Å². The van der Waals surface area contributed by atoms with Crippen molar-refractivity contribution in [2.24, 2.45) is 5.73 Å². The average molecular weight is 183 g/mol. The maximum absolute atomic E-state index is 10.2. The summed E-state index contributed by atoms with van der Waals surface area (Å²) in [6, 6.07) is 1.73. The first-order chi connectivity index (χ1) is 6.18. The lowest BCUT2D eigenvalue weighted by atomic mass is 10.1. The molecule has 1 atom stereocenters. The molecular formula is C9H13NO3. The summed E-state index contributed by atoms with van der Waals surface area (Å²) in [5, 5.41) is 8.41. The Kier molecular flexibility index (Phi) is 3.52. The number of nitrogens with two attached hydrogens (primary N) is 1. The summed E-state index contributed by atoms with van der Waals surface area (Å²) < 4.78 is 4.87. The Balaban J connectivity index is 2.25. The van der Waals surface area contributed by atoms with Crippen molar-refractivity contribution >= 4 is 5.97 Å². The molecule has 0 amide bonds. The second-order valence-corrected chi connectivity index (χ2v) is 3.03. The van der Waals surface area contributed by atoms with Crippen molar-refractivity contribution in [1.82, 2.24) is 0 Å². The van der Waals surface area contributed by atoms with E-state index in [0.29, 0.717) is 12.8 Å². The van der Waals surface area contributed by atoms with Gasteiger partial charge in [0, 0.05) is 12.5 Å². The first-order valence-electron chi connectivity index (χ1n) is 4.17. The minimum Gasteiger partial charge on any atom is -0.481 e. The number of hydrogen-bond acceptors (Lipinski definition) is 3. The van der Waals surface area contributed by atoms with Crippen LogP contribution < -0.4 is 5.73 Å². The summed E-state index contributed by atoms with van der Waals surface area (Å²) in [5.74, 6) is -0.803. The van der Waals surface area contributed by atoms with E-state index in [1.165, 1.54) is 0 Å². The van der Waals surface area contributed by atoms with Gasteiger partial charge in [0.25, 0.3) is 0 Å². The fourth-order valence-corrected chi connectivity index (χ4v) is 1.12. The molecule has 0 aliphatic carbocycles. The molecule has 0 saturated carbocycles. The first-order valence-corrected chi connectivity index (χ1v) is 4.17. The van der Waals surface area contributed by atoms with E-state index in [0.717, 1.165) is 5.56 Å². The molecule has 1 unspecified atom stereocenters. The molecule has 0 radical (unpaired) electrons. The Morgan fingerprint density at radius 1 is 1.69 bits per heavy atom. The van der Waals surface area contributed by atoms with Gasteiger partial charge in [-0.3, -0.25) is 4.79 Å². The van der Waals surface area contributed by atoms with Crippen molar-refractivity contribution in [1.29, 1.82) is 0 Å². The van der Waals surface area contributed by atoms with E-state index in [9.17, 15) is 4.79 Å². The molecule has 72 valence electrons. The number of furan rings is 1. The Bertz CT molecular complexity index is 256. The van der Waals surface area contributed by atoms with E-state index < -0.39 is 5.97 Å². The van der Waals surface area contributed by atoms with Crippen LogP contribution in [0.3, 0.4) is 0 Å². The van der Waals surface area contributed by atoms with Crippen molar-refractivity contribution in [2.75, 3.05) is 0 Å². The molecule has 1 rings (SSSR count). The number of carboxylic acid groups (broad SMARTS) is 1. The van der Waals surface area contributed by atoms with Crippen LogP contribution in [-0.2, 0) is 11.2 Å². The second kappa shape index (κ2) is 4.67. The molecule has 0 aliphatic heterocycles. The lowest BCUT2D eigenvalue weighted by molar-refractivity contribution is -0.137. The van der Waals surface area contributed by atoms with Crippen molar-refractivity contribution in [3.05, 3.63) is 24.2 Å². The highest BCUT2D eigenvalue weighted by Crippen LogP contribution is 2.06. The molecule has 1 aromatic heterocycles. The van der Waals surface area contributed by atoms with Gasteiger partial charge in [0.15, 0.2) is 0 Å². The molecule has 1 heterocycles. The fourth-order valence-electron chi connectivity index (χ4n) is 1.12. The average Bonchev–Trinajstić information content (AvgIpc) is 2.53. The smallest absolute Gasteiger partial charge is 0.303 e. The van der Waals surface area contributed by atoms with Crippen LogP contribution in [0.1, 0.15) is 18.4 Å². The molecule has 4 heteroatoms. The van der Waals surface area contributed by atoms with E-state index in [1.54, 1.807) is 12.5 Å². The zero-order valence-electron chi connectivity index (χ0n) is 7.27. The van der Waals surface area contributed by atoms with E-state index in [-0.39, 0.29) is 12.5 Å². The van der Waals surface area contributed by atoms with Gasteiger partial charge in [-0.05, 0) is 24.5 Å². The Labute approximate surface area is 76.3 Å². The Morgan fingerprint density at radius 2 is 2.46 bits per heavy atom. The SMILES string of the molecule is NC(CCC(=O)O)Cc1ccoc1. The molecule has 0 bridgehead atoms. The molecule has 13 heavy (non-hydrogen) atoms. The van der Waals surface area contributed by atoms with Crippen LogP contribution in [0.4, 0.5) is 0 Å². The molecule has 0 aromatic carbocycles. The molecular weight excluding hydrogens is 170 g/mol. The summed E-state index contributed by atoms with van der Waals surface area (Å²) >= 11 is 0. The van der Waals surface area contributed by atoms with Crippen molar-refractivity contribution in [3.8, 4) is 0 Å². The Morgan fingerprint density at radius 3 is 3.00 bits per heavy atom. The van der Waals surface area contributed by atoms with Crippen LogP contribution in [0, 0.1) is 0 Å². The summed E-state index contributed by atoms with van der Waals surface area (Å²) in [4.78, 5) is 10.2. The van der Waals surface area contributed by atoms with Crippen molar-refractivity contribution in [2.45, 2.75) is 25.3 Å². The van der Waals surface area contributed by atoms with Crippen LogP contribution in [0.25, 0.3) is 0 Å². The lowest BCUT2D eigenvalue weighted by Crippen LogP contribution is -2.23. The van der Waals surface area contributed by atoms with E-state index in [2.05, 4.69) is 0 Å². The van der Waals surface area contributed by atoms with Gasteiger partial charge < -0.3 is 15.3 Å². The van der Waals surface area contributed by atoms with Crippen molar-refractivity contribution in [3.63, 3.8) is 0 Å². The summed E-state index contributed by atoms with van der Waals surface area (Å²) in [5.41, 5.74) is 6.72. The topological polar surface area (TPSA) is 76.5 Å².